The van der Waals surface area contributed by atoms with Gasteiger partial charge in [-0.05, 0) is 86.7 Å². The first-order valence-electron chi connectivity index (χ1n) is 14.5. The Morgan fingerprint density at radius 1 is 1.07 bits per heavy atom. The van der Waals surface area contributed by atoms with Crippen LogP contribution in [-0.2, 0) is 16.6 Å². The summed E-state index contributed by atoms with van der Waals surface area (Å²) in [6.07, 6.45) is 4.68. The molecule has 1 aliphatic carbocycles. The number of hydrogen-bond donors (Lipinski definition) is 1. The minimum atomic E-state index is -3.38. The van der Waals surface area contributed by atoms with Crippen molar-refractivity contribution in [3.8, 4) is 16.9 Å². The van der Waals surface area contributed by atoms with Gasteiger partial charge in [0.1, 0.15) is 16.4 Å². The third-order valence-corrected chi connectivity index (χ3v) is 11.5. The lowest BCUT2D eigenvalue weighted by Crippen LogP contribution is -2.44. The van der Waals surface area contributed by atoms with Crippen LogP contribution in [0.5, 0.6) is 5.75 Å². The van der Waals surface area contributed by atoms with E-state index in [-0.39, 0.29) is 24.3 Å². The predicted molar refractivity (Wildman–Crippen MR) is 178 cm³/mol. The first-order chi connectivity index (χ1) is 20.9. The zero-order chi connectivity index (χ0) is 31.8. The molecule has 44 heavy (non-hydrogen) atoms. The highest BCUT2D eigenvalue weighted by Crippen LogP contribution is 2.41. The van der Waals surface area contributed by atoms with Crippen LogP contribution >= 0.6 is 22.9 Å². The van der Waals surface area contributed by atoms with Crippen molar-refractivity contribution in [1.82, 2.24) is 10.2 Å². The molecule has 0 bridgehead atoms. The monoisotopic (exact) mass is 657 g/mol. The average Bonchev–Trinajstić information content (AvgIpc) is 3.38. The van der Waals surface area contributed by atoms with Crippen molar-refractivity contribution < 1.29 is 22.3 Å². The Kier molecular flexibility index (Phi) is 9.55. The number of aryl methyl sites for hydroxylation is 1. The smallest absolute Gasteiger partial charge is 0.266 e. The molecule has 0 unspecified atom stereocenters. The summed E-state index contributed by atoms with van der Waals surface area (Å²) in [4.78, 5) is 16.6. The second-order valence-corrected chi connectivity index (χ2v) is 14.8. The maximum Gasteiger partial charge on any atom is 0.266 e. The molecule has 0 aliphatic heterocycles. The molecule has 7 nitrogen and oxygen atoms in total. The average molecular weight is 658 g/mol. The van der Waals surface area contributed by atoms with Crippen LogP contribution in [0.25, 0.3) is 21.2 Å². The third kappa shape index (κ3) is 6.44. The normalized spacial score (nSPS) is 17.1. The Morgan fingerprint density at radius 2 is 1.73 bits per heavy atom. The molecule has 1 fully saturated rings. The van der Waals surface area contributed by atoms with E-state index in [1.807, 2.05) is 49.2 Å². The number of halogens is 2. The molecule has 0 saturated heterocycles. The zero-order valence-corrected chi connectivity index (χ0v) is 27.9. The summed E-state index contributed by atoms with van der Waals surface area (Å²) < 4.78 is 46.1. The van der Waals surface area contributed by atoms with Gasteiger partial charge in [-0.1, -0.05) is 35.9 Å². The van der Waals surface area contributed by atoms with Crippen molar-refractivity contribution in [2.24, 2.45) is 0 Å². The Labute approximate surface area is 267 Å². The van der Waals surface area contributed by atoms with Crippen molar-refractivity contribution in [1.29, 1.82) is 0 Å². The summed E-state index contributed by atoms with van der Waals surface area (Å²) in [7, 11) is 1.70. The number of thiophene rings is 1. The van der Waals surface area contributed by atoms with Crippen LogP contribution < -0.4 is 14.4 Å². The zero-order valence-electron chi connectivity index (χ0n) is 25.5. The van der Waals surface area contributed by atoms with Gasteiger partial charge in [0.15, 0.2) is 0 Å². The first kappa shape index (κ1) is 32.2. The summed E-state index contributed by atoms with van der Waals surface area (Å²) in [6, 6.07) is 16.6. The van der Waals surface area contributed by atoms with Gasteiger partial charge in [-0.25, -0.2) is 12.8 Å². The topological polar surface area (TPSA) is 78.9 Å². The van der Waals surface area contributed by atoms with E-state index in [9.17, 15) is 17.6 Å². The number of nitrogens with zero attached hydrogens (tertiary/aromatic N) is 2. The molecule has 1 N–H and O–H groups in total. The van der Waals surface area contributed by atoms with Gasteiger partial charge in [-0.2, -0.15) is 0 Å². The number of sulfonamides is 1. The molecule has 0 spiro atoms. The van der Waals surface area contributed by atoms with Crippen LogP contribution in [0.2, 0.25) is 5.02 Å². The quantitative estimate of drug-likeness (QED) is 0.205. The van der Waals surface area contributed by atoms with Crippen molar-refractivity contribution in [3.63, 3.8) is 0 Å². The molecule has 1 heterocycles. The lowest BCUT2D eigenvalue weighted by molar-refractivity contribution is 0.0604. The van der Waals surface area contributed by atoms with E-state index >= 15 is 0 Å². The summed E-state index contributed by atoms with van der Waals surface area (Å²) in [5.41, 5.74) is 4.01. The predicted octanol–water partition coefficient (Wildman–Crippen LogP) is 7.25. The molecule has 5 rings (SSSR count). The number of carbonyl (C=O) groups is 1. The highest BCUT2D eigenvalue weighted by atomic mass is 35.5. The first-order valence-corrected chi connectivity index (χ1v) is 17.5. The van der Waals surface area contributed by atoms with Gasteiger partial charge in [-0.3, -0.25) is 9.10 Å². The van der Waals surface area contributed by atoms with E-state index in [2.05, 4.69) is 5.32 Å². The van der Waals surface area contributed by atoms with Crippen LogP contribution in [0.1, 0.15) is 46.5 Å². The highest BCUT2D eigenvalue weighted by Gasteiger charge is 2.33. The molecular formula is C33H37ClFN3O4S2. The minimum absolute atomic E-state index is 0.0292. The number of carbonyl (C=O) groups excluding carboxylic acids is 1. The molecule has 11 heteroatoms. The van der Waals surface area contributed by atoms with Crippen molar-refractivity contribution >= 4 is 54.6 Å². The fourth-order valence-electron chi connectivity index (χ4n) is 5.92. The van der Waals surface area contributed by atoms with Gasteiger partial charge < -0.3 is 15.0 Å². The number of anilines is 1. The van der Waals surface area contributed by atoms with Crippen LogP contribution in [0.15, 0.2) is 54.6 Å². The number of ether oxygens (including phenoxy) is 1. The molecular weight excluding hydrogens is 621 g/mol. The van der Waals surface area contributed by atoms with Gasteiger partial charge in [0.25, 0.3) is 5.91 Å². The number of methoxy groups -OCH3 is 1. The molecule has 4 aromatic rings. The summed E-state index contributed by atoms with van der Waals surface area (Å²) >= 11 is 7.92. The Hall–Kier alpha value is -3.18. The standard InChI is InChI=1S/C33H37ClFN3O4S2/c1-20-6-16-27(35)31-29(20)30(34)32(43-31)33(39)38(26-14-10-24(36-2)11-15-26)19-23-18-22(9-17-28(23)42-4)21-7-12-25(13-8-21)37(3)44(5,40)41/h6-9,12-13,16-18,24,26,36H,10-11,14-15,19H2,1-5H3/t24-,26-. The van der Waals surface area contributed by atoms with Gasteiger partial charge >= 0.3 is 0 Å². The lowest BCUT2D eigenvalue weighted by Gasteiger charge is -2.37. The van der Waals surface area contributed by atoms with Crippen LogP contribution in [0, 0.1) is 12.7 Å². The van der Waals surface area contributed by atoms with Gasteiger partial charge in [0.05, 0.1) is 28.8 Å². The molecule has 1 aliphatic rings. The number of amides is 1. The fraction of sp³-hybridized carbons (Fsp3) is 0.364. The van der Waals surface area contributed by atoms with E-state index in [0.29, 0.717) is 37.5 Å². The number of hydrogen-bond acceptors (Lipinski definition) is 6. The van der Waals surface area contributed by atoms with Crippen molar-refractivity contribution in [2.75, 3.05) is 31.8 Å². The summed E-state index contributed by atoms with van der Waals surface area (Å²) in [5, 5.41) is 4.23. The van der Waals surface area contributed by atoms with E-state index in [1.54, 1.807) is 25.3 Å². The van der Waals surface area contributed by atoms with Crippen molar-refractivity contribution in [3.05, 3.63) is 81.4 Å². The second kappa shape index (κ2) is 13.0. The molecule has 1 aromatic heterocycles. The van der Waals surface area contributed by atoms with Crippen LogP contribution in [0.4, 0.5) is 10.1 Å². The molecule has 0 atom stereocenters. The van der Waals surface area contributed by atoms with Gasteiger partial charge in [0, 0.05) is 36.6 Å². The van der Waals surface area contributed by atoms with E-state index in [1.165, 1.54) is 23.7 Å². The molecule has 0 radical (unpaired) electrons. The maximum absolute atomic E-state index is 14.8. The molecule has 234 valence electrons. The number of rotatable bonds is 9. The van der Waals surface area contributed by atoms with E-state index in [4.69, 9.17) is 16.3 Å². The Morgan fingerprint density at radius 3 is 2.32 bits per heavy atom. The SMILES string of the molecule is CN[C@H]1CC[C@H](N(Cc2cc(-c3ccc(N(C)S(C)(=O)=O)cc3)ccc2OC)C(=O)c2sc3c(F)ccc(C)c3c2Cl)CC1. The van der Waals surface area contributed by atoms with Crippen molar-refractivity contribution in [2.45, 2.75) is 51.2 Å². The summed E-state index contributed by atoms with van der Waals surface area (Å²) in [6.45, 7) is 2.15. The molecule has 1 amide bonds. The number of fused-ring (bicyclic) bond motifs is 1. The van der Waals surface area contributed by atoms with Crippen LogP contribution in [0.3, 0.4) is 0 Å². The van der Waals surface area contributed by atoms with E-state index < -0.39 is 10.0 Å². The van der Waals surface area contributed by atoms with E-state index in [0.717, 1.165) is 59.3 Å². The maximum atomic E-state index is 14.8. The number of nitrogens with one attached hydrogen (secondary N) is 1. The largest absolute Gasteiger partial charge is 0.496 e. The van der Waals surface area contributed by atoms with Gasteiger partial charge in [0.2, 0.25) is 10.0 Å². The Balaban J connectivity index is 1.53. The highest BCUT2D eigenvalue weighted by molar-refractivity contribution is 7.92. The Bertz CT molecular complexity index is 1790. The van der Waals surface area contributed by atoms with Crippen LogP contribution in [-0.4, -0.2) is 58.8 Å². The second-order valence-electron chi connectivity index (χ2n) is 11.3. The summed E-state index contributed by atoms with van der Waals surface area (Å²) in [5.74, 6) is 0.0393. The third-order valence-electron chi connectivity index (χ3n) is 8.62. The minimum Gasteiger partial charge on any atom is -0.496 e. The molecule has 1 saturated carbocycles. The number of benzene rings is 3. The lowest BCUT2D eigenvalue weighted by atomic mass is 9.89. The fourth-order valence-corrected chi connectivity index (χ4v) is 8.05. The molecule has 3 aromatic carbocycles. The van der Waals surface area contributed by atoms with Gasteiger partial charge in [-0.15, -0.1) is 11.3 Å².